The Labute approximate surface area is 172 Å². The number of halogens is 1. The van der Waals surface area contributed by atoms with Crippen molar-refractivity contribution in [1.29, 1.82) is 0 Å². The zero-order chi connectivity index (χ0) is 17.5. The molecule has 1 aliphatic heterocycles. The van der Waals surface area contributed by atoms with Crippen LogP contribution in [0.15, 0.2) is 47.7 Å². The van der Waals surface area contributed by atoms with Gasteiger partial charge in [-0.2, -0.15) is 0 Å². The van der Waals surface area contributed by atoms with Gasteiger partial charge in [-0.1, -0.05) is 43.3 Å². The van der Waals surface area contributed by atoms with Crippen LogP contribution in [0.2, 0.25) is 0 Å². The minimum Gasteiger partial charge on any atom is -0.354 e. The Morgan fingerprint density at radius 1 is 1.27 bits per heavy atom. The molecule has 0 aliphatic carbocycles. The number of guanidine groups is 1. The van der Waals surface area contributed by atoms with E-state index in [2.05, 4.69) is 73.3 Å². The summed E-state index contributed by atoms with van der Waals surface area (Å²) in [6, 6.07) is 10.6. The Bertz CT molecular complexity index is 737. The summed E-state index contributed by atoms with van der Waals surface area (Å²) < 4.78 is 2.09. The SMILES string of the molecule is CCc1nncn1CCNC(=NC)N1CC=C(c2ccccc2)CC1.I. The Morgan fingerprint density at radius 2 is 2.08 bits per heavy atom. The zero-order valence-corrected chi connectivity index (χ0v) is 17.8. The Morgan fingerprint density at radius 3 is 2.73 bits per heavy atom. The van der Waals surface area contributed by atoms with Crippen molar-refractivity contribution in [3.63, 3.8) is 0 Å². The Hall–Kier alpha value is -1.90. The first-order valence-corrected chi connectivity index (χ1v) is 8.88. The van der Waals surface area contributed by atoms with Gasteiger partial charge in [0.1, 0.15) is 12.2 Å². The number of benzene rings is 1. The lowest BCUT2D eigenvalue weighted by molar-refractivity contribution is 0.437. The van der Waals surface area contributed by atoms with Crippen molar-refractivity contribution in [2.75, 3.05) is 26.7 Å². The van der Waals surface area contributed by atoms with Crippen LogP contribution in [0.4, 0.5) is 0 Å². The van der Waals surface area contributed by atoms with Crippen molar-refractivity contribution in [3.05, 3.63) is 54.1 Å². The second-order valence-corrected chi connectivity index (χ2v) is 6.06. The van der Waals surface area contributed by atoms with Crippen molar-refractivity contribution < 1.29 is 0 Å². The number of hydrogen-bond donors (Lipinski definition) is 1. The summed E-state index contributed by atoms with van der Waals surface area (Å²) >= 11 is 0. The van der Waals surface area contributed by atoms with E-state index in [9.17, 15) is 0 Å². The predicted octanol–water partition coefficient (Wildman–Crippen LogP) is 2.82. The van der Waals surface area contributed by atoms with E-state index >= 15 is 0 Å². The molecule has 26 heavy (non-hydrogen) atoms. The highest BCUT2D eigenvalue weighted by atomic mass is 127. The van der Waals surface area contributed by atoms with Gasteiger partial charge < -0.3 is 14.8 Å². The van der Waals surface area contributed by atoms with Gasteiger partial charge in [0, 0.05) is 39.6 Å². The van der Waals surface area contributed by atoms with Crippen LogP contribution in [0.1, 0.15) is 24.7 Å². The number of aliphatic imine (C=N–C) groups is 1. The highest BCUT2D eigenvalue weighted by Gasteiger charge is 2.16. The number of hydrogen-bond acceptors (Lipinski definition) is 3. The molecule has 0 fully saturated rings. The third-order valence-electron chi connectivity index (χ3n) is 4.51. The number of aromatic nitrogens is 3. The first kappa shape index (κ1) is 20.4. The van der Waals surface area contributed by atoms with E-state index in [1.807, 2.05) is 7.05 Å². The van der Waals surface area contributed by atoms with E-state index in [4.69, 9.17) is 0 Å². The molecule has 0 unspecified atom stereocenters. The number of rotatable bonds is 5. The van der Waals surface area contributed by atoms with Gasteiger partial charge in [-0.15, -0.1) is 34.2 Å². The molecule has 1 N–H and O–H groups in total. The normalized spacial score (nSPS) is 14.6. The minimum atomic E-state index is 0. The lowest BCUT2D eigenvalue weighted by Gasteiger charge is -2.29. The molecule has 0 saturated carbocycles. The number of nitrogens with one attached hydrogen (secondary N) is 1. The molecule has 0 amide bonds. The van der Waals surface area contributed by atoms with Gasteiger partial charge in [0.15, 0.2) is 5.96 Å². The van der Waals surface area contributed by atoms with Crippen LogP contribution in [-0.4, -0.2) is 52.3 Å². The van der Waals surface area contributed by atoms with Crippen LogP contribution in [0, 0.1) is 0 Å². The minimum absolute atomic E-state index is 0. The van der Waals surface area contributed by atoms with E-state index < -0.39 is 0 Å². The molecule has 0 atom stereocenters. The van der Waals surface area contributed by atoms with Crippen LogP contribution in [0.25, 0.3) is 5.57 Å². The first-order valence-electron chi connectivity index (χ1n) is 8.88. The molecule has 3 rings (SSSR count). The zero-order valence-electron chi connectivity index (χ0n) is 15.4. The molecule has 0 saturated heterocycles. The molecular formula is C19H27IN6. The average molecular weight is 466 g/mol. The van der Waals surface area contributed by atoms with Gasteiger partial charge in [-0.25, -0.2) is 0 Å². The van der Waals surface area contributed by atoms with Gasteiger partial charge in [0.25, 0.3) is 0 Å². The number of aryl methyl sites for hydroxylation is 1. The summed E-state index contributed by atoms with van der Waals surface area (Å²) in [6.45, 7) is 5.61. The molecule has 0 bridgehead atoms. The van der Waals surface area contributed by atoms with Gasteiger partial charge >= 0.3 is 0 Å². The van der Waals surface area contributed by atoms with Crippen molar-refractivity contribution in [2.45, 2.75) is 26.3 Å². The standard InChI is InChI=1S/C19H26N6.HI/c1-3-18-23-22-15-25(18)14-11-21-19(20-2)24-12-9-17(10-13-24)16-7-5-4-6-8-16;/h4-9,15H,3,10-14H2,1-2H3,(H,20,21);1H. The molecule has 6 nitrogen and oxygen atoms in total. The smallest absolute Gasteiger partial charge is 0.194 e. The van der Waals surface area contributed by atoms with Gasteiger partial charge in [0.2, 0.25) is 0 Å². The average Bonchev–Trinajstić information content (AvgIpc) is 3.14. The van der Waals surface area contributed by atoms with Crippen molar-refractivity contribution in [2.24, 2.45) is 4.99 Å². The molecule has 2 aromatic rings. The van der Waals surface area contributed by atoms with Crippen molar-refractivity contribution in [1.82, 2.24) is 25.0 Å². The fourth-order valence-electron chi connectivity index (χ4n) is 3.14. The van der Waals surface area contributed by atoms with Gasteiger partial charge in [-0.05, 0) is 17.6 Å². The van der Waals surface area contributed by atoms with Crippen LogP contribution >= 0.6 is 24.0 Å². The van der Waals surface area contributed by atoms with Crippen LogP contribution in [0.5, 0.6) is 0 Å². The molecule has 2 heterocycles. The second-order valence-electron chi connectivity index (χ2n) is 6.06. The number of nitrogens with zero attached hydrogens (tertiary/aromatic N) is 5. The summed E-state index contributed by atoms with van der Waals surface area (Å²) in [5, 5.41) is 11.5. The van der Waals surface area contributed by atoms with E-state index in [0.29, 0.717) is 0 Å². The maximum Gasteiger partial charge on any atom is 0.194 e. The third kappa shape index (κ3) is 5.06. The monoisotopic (exact) mass is 466 g/mol. The summed E-state index contributed by atoms with van der Waals surface area (Å²) in [5.41, 5.74) is 2.74. The molecule has 140 valence electrons. The summed E-state index contributed by atoms with van der Waals surface area (Å²) in [6.07, 6.45) is 6.03. The topological polar surface area (TPSA) is 58.3 Å². The van der Waals surface area contributed by atoms with Crippen LogP contribution in [0.3, 0.4) is 0 Å². The molecule has 7 heteroatoms. The second kappa shape index (κ2) is 10.3. The third-order valence-corrected chi connectivity index (χ3v) is 4.51. The summed E-state index contributed by atoms with van der Waals surface area (Å²) in [4.78, 5) is 6.72. The summed E-state index contributed by atoms with van der Waals surface area (Å²) in [5.74, 6) is 1.97. The predicted molar refractivity (Wildman–Crippen MR) is 117 cm³/mol. The quantitative estimate of drug-likeness (QED) is 0.419. The molecule has 1 aromatic carbocycles. The molecule has 1 aromatic heterocycles. The van der Waals surface area contributed by atoms with Crippen molar-refractivity contribution >= 4 is 35.5 Å². The summed E-state index contributed by atoms with van der Waals surface area (Å²) in [7, 11) is 1.84. The molecule has 0 radical (unpaired) electrons. The fourth-order valence-corrected chi connectivity index (χ4v) is 3.14. The highest BCUT2D eigenvalue weighted by molar-refractivity contribution is 14.0. The lowest BCUT2D eigenvalue weighted by Crippen LogP contribution is -2.44. The van der Waals surface area contributed by atoms with Gasteiger partial charge in [0.05, 0.1) is 0 Å². The van der Waals surface area contributed by atoms with E-state index in [0.717, 1.165) is 50.8 Å². The first-order chi connectivity index (χ1) is 12.3. The van der Waals surface area contributed by atoms with E-state index in [-0.39, 0.29) is 24.0 Å². The lowest BCUT2D eigenvalue weighted by atomic mass is 10.00. The van der Waals surface area contributed by atoms with Crippen molar-refractivity contribution in [3.8, 4) is 0 Å². The van der Waals surface area contributed by atoms with Crippen LogP contribution in [-0.2, 0) is 13.0 Å². The fraction of sp³-hybridized carbons (Fsp3) is 0.421. The molecule has 0 spiro atoms. The maximum absolute atomic E-state index is 4.43. The molecular weight excluding hydrogens is 439 g/mol. The molecule has 1 aliphatic rings. The van der Waals surface area contributed by atoms with Crippen LogP contribution < -0.4 is 5.32 Å². The van der Waals surface area contributed by atoms with Gasteiger partial charge in [-0.3, -0.25) is 4.99 Å². The highest BCUT2D eigenvalue weighted by Crippen LogP contribution is 2.21. The Balaban J connectivity index is 0.00000243. The maximum atomic E-state index is 4.43. The Kier molecular flexibility index (Phi) is 8.08. The van der Waals surface area contributed by atoms with E-state index in [1.54, 1.807) is 6.33 Å². The largest absolute Gasteiger partial charge is 0.354 e. The van der Waals surface area contributed by atoms with E-state index in [1.165, 1.54) is 11.1 Å².